The average molecular weight is 374 g/mol. The van der Waals surface area contributed by atoms with E-state index in [1.165, 1.54) is 4.88 Å². The van der Waals surface area contributed by atoms with E-state index in [0.717, 1.165) is 31.9 Å². The van der Waals surface area contributed by atoms with E-state index < -0.39 is 0 Å². The monoisotopic (exact) mass is 372 g/mol. The summed E-state index contributed by atoms with van der Waals surface area (Å²) in [5, 5.41) is 5.68. The van der Waals surface area contributed by atoms with Crippen molar-refractivity contribution in [1.29, 1.82) is 0 Å². The molecule has 1 aliphatic rings. The van der Waals surface area contributed by atoms with Crippen molar-refractivity contribution in [2.75, 3.05) is 0 Å². The molecule has 1 aliphatic heterocycles. The van der Waals surface area contributed by atoms with Crippen molar-refractivity contribution >= 4 is 57.9 Å². The smallest absolute Gasteiger partial charge is 0.0938 e. The second-order valence-electron chi connectivity index (χ2n) is 4.54. The van der Waals surface area contributed by atoms with Crippen LogP contribution in [-0.4, -0.2) is 9.78 Å². The van der Waals surface area contributed by atoms with E-state index in [1.54, 1.807) is 29.2 Å². The third-order valence-electron chi connectivity index (χ3n) is 3.27. The molecule has 0 fully saturated rings. The Kier molecular flexibility index (Phi) is 3.47. The number of hydrogen-bond acceptors (Lipinski definition) is 3. The van der Waals surface area contributed by atoms with E-state index in [1.807, 2.05) is 29.1 Å². The number of benzene rings is 1. The fourth-order valence-electron chi connectivity index (χ4n) is 2.37. The fraction of sp³-hybridized carbons (Fsp3) is 0.0714. The molecule has 1 aromatic carbocycles. The second-order valence-corrected chi connectivity index (χ2v) is 8.17. The average Bonchev–Trinajstić information content (AvgIpc) is 3.00. The SMILES string of the molecule is Clc1ccc(-n2ncc3c2-c2cc(Cl)sc2CS3)c(Cl)c1. The minimum atomic E-state index is 0.576. The molecule has 3 heterocycles. The van der Waals surface area contributed by atoms with Crippen molar-refractivity contribution in [2.24, 2.45) is 0 Å². The lowest BCUT2D eigenvalue weighted by molar-refractivity contribution is 0.887. The third kappa shape index (κ3) is 2.30. The predicted molar refractivity (Wildman–Crippen MR) is 91.5 cm³/mol. The molecular weight excluding hydrogens is 367 g/mol. The topological polar surface area (TPSA) is 17.8 Å². The zero-order valence-corrected chi connectivity index (χ0v) is 14.3. The molecule has 106 valence electrons. The van der Waals surface area contributed by atoms with Crippen LogP contribution in [0.3, 0.4) is 0 Å². The van der Waals surface area contributed by atoms with E-state index in [9.17, 15) is 0 Å². The molecular formula is C14H7Cl3N2S2. The van der Waals surface area contributed by atoms with Gasteiger partial charge in [-0.1, -0.05) is 34.8 Å². The van der Waals surface area contributed by atoms with Crippen molar-refractivity contribution in [1.82, 2.24) is 9.78 Å². The number of fused-ring (bicyclic) bond motifs is 3. The molecule has 0 amide bonds. The zero-order valence-electron chi connectivity index (χ0n) is 10.4. The van der Waals surface area contributed by atoms with Crippen LogP contribution in [0.1, 0.15) is 4.88 Å². The lowest BCUT2D eigenvalue weighted by Crippen LogP contribution is -2.02. The van der Waals surface area contributed by atoms with Crippen molar-refractivity contribution in [3.8, 4) is 16.9 Å². The minimum Gasteiger partial charge on any atom is -0.230 e. The van der Waals surface area contributed by atoms with Gasteiger partial charge >= 0.3 is 0 Å². The predicted octanol–water partition coefficient (Wildman–Crippen LogP) is 6.17. The summed E-state index contributed by atoms with van der Waals surface area (Å²) in [6, 6.07) is 7.42. The summed E-state index contributed by atoms with van der Waals surface area (Å²) in [6.07, 6.45) is 1.87. The van der Waals surface area contributed by atoms with Gasteiger partial charge in [0.05, 0.1) is 31.8 Å². The molecule has 0 atom stereocenters. The van der Waals surface area contributed by atoms with E-state index >= 15 is 0 Å². The molecule has 0 bridgehead atoms. The highest BCUT2D eigenvalue weighted by Crippen LogP contribution is 2.47. The van der Waals surface area contributed by atoms with Crippen LogP contribution in [0.15, 0.2) is 35.4 Å². The molecule has 7 heteroatoms. The molecule has 0 aliphatic carbocycles. The highest BCUT2D eigenvalue weighted by atomic mass is 35.5. The normalized spacial score (nSPS) is 13.1. The van der Waals surface area contributed by atoms with Crippen LogP contribution in [0.25, 0.3) is 16.9 Å². The van der Waals surface area contributed by atoms with Gasteiger partial charge in [-0.15, -0.1) is 23.1 Å². The molecule has 0 N–H and O–H groups in total. The Bertz CT molecular complexity index is 854. The third-order valence-corrected chi connectivity index (χ3v) is 6.29. The van der Waals surface area contributed by atoms with Gasteiger partial charge in [0.15, 0.2) is 0 Å². The Hall–Kier alpha value is -0.650. The Balaban J connectivity index is 1.96. The number of hydrogen-bond donors (Lipinski definition) is 0. The van der Waals surface area contributed by atoms with E-state index in [4.69, 9.17) is 34.8 Å². The molecule has 21 heavy (non-hydrogen) atoms. The second kappa shape index (κ2) is 5.21. The maximum Gasteiger partial charge on any atom is 0.0938 e. The number of halogens is 3. The van der Waals surface area contributed by atoms with Crippen molar-refractivity contribution < 1.29 is 0 Å². The van der Waals surface area contributed by atoms with Crippen LogP contribution in [0.4, 0.5) is 0 Å². The first kappa shape index (κ1) is 14.0. The van der Waals surface area contributed by atoms with Gasteiger partial charge in [-0.2, -0.15) is 5.10 Å². The Morgan fingerprint density at radius 2 is 2.00 bits per heavy atom. The molecule has 0 saturated carbocycles. The summed E-state index contributed by atoms with van der Waals surface area (Å²) < 4.78 is 2.66. The maximum absolute atomic E-state index is 6.32. The van der Waals surface area contributed by atoms with Crippen LogP contribution in [-0.2, 0) is 5.75 Å². The highest BCUT2D eigenvalue weighted by Gasteiger charge is 2.25. The first-order valence-corrected chi connectivity index (χ1v) is 9.02. The molecule has 2 nitrogen and oxygen atoms in total. The van der Waals surface area contributed by atoms with Gasteiger partial charge in [0.1, 0.15) is 0 Å². The zero-order chi connectivity index (χ0) is 14.6. The number of thioether (sulfide) groups is 1. The van der Waals surface area contributed by atoms with E-state index in [-0.39, 0.29) is 0 Å². The molecule has 2 aromatic heterocycles. The number of rotatable bonds is 1. The standard InChI is InChI=1S/C14H7Cl3N2S2/c15-7-1-2-10(9(16)3-7)19-14-8-4-13(17)21-12(8)6-20-11(14)5-18-19/h1-5H,6H2. The van der Waals surface area contributed by atoms with Gasteiger partial charge in [-0.3, -0.25) is 0 Å². The summed E-state index contributed by atoms with van der Waals surface area (Å²) in [5.41, 5.74) is 3.01. The van der Waals surface area contributed by atoms with Crippen LogP contribution in [0.5, 0.6) is 0 Å². The van der Waals surface area contributed by atoms with Crippen LogP contribution < -0.4 is 0 Å². The summed E-state index contributed by atoms with van der Waals surface area (Å²) in [7, 11) is 0. The van der Waals surface area contributed by atoms with Crippen LogP contribution in [0.2, 0.25) is 14.4 Å². The summed E-state index contributed by atoms with van der Waals surface area (Å²) in [6.45, 7) is 0. The van der Waals surface area contributed by atoms with Gasteiger partial charge < -0.3 is 0 Å². The van der Waals surface area contributed by atoms with Crippen LogP contribution in [0, 0.1) is 0 Å². The first-order chi connectivity index (χ1) is 10.1. The van der Waals surface area contributed by atoms with E-state index in [0.29, 0.717) is 10.0 Å². The molecule has 0 unspecified atom stereocenters. The Morgan fingerprint density at radius 3 is 2.81 bits per heavy atom. The van der Waals surface area contributed by atoms with Gasteiger partial charge in [-0.25, -0.2) is 4.68 Å². The van der Waals surface area contributed by atoms with Gasteiger partial charge in [0.2, 0.25) is 0 Å². The number of thiophene rings is 1. The lowest BCUT2D eigenvalue weighted by Gasteiger charge is -2.15. The minimum absolute atomic E-state index is 0.576. The fourth-order valence-corrected chi connectivity index (χ4v) is 5.23. The molecule has 3 aromatic rings. The van der Waals surface area contributed by atoms with E-state index in [2.05, 4.69) is 5.10 Å². The van der Waals surface area contributed by atoms with Crippen molar-refractivity contribution in [2.45, 2.75) is 10.6 Å². The molecule has 4 rings (SSSR count). The number of nitrogens with zero attached hydrogens (tertiary/aromatic N) is 2. The Labute approximate surface area is 144 Å². The van der Waals surface area contributed by atoms with Crippen molar-refractivity contribution in [3.63, 3.8) is 0 Å². The molecule has 0 saturated heterocycles. The van der Waals surface area contributed by atoms with Crippen LogP contribution >= 0.6 is 57.9 Å². The quantitative estimate of drug-likeness (QED) is 0.508. The summed E-state index contributed by atoms with van der Waals surface area (Å²) >= 11 is 21.8. The molecule has 0 radical (unpaired) electrons. The van der Waals surface area contributed by atoms with Gasteiger partial charge in [0.25, 0.3) is 0 Å². The highest BCUT2D eigenvalue weighted by molar-refractivity contribution is 7.98. The molecule has 0 spiro atoms. The van der Waals surface area contributed by atoms with Gasteiger partial charge in [0, 0.05) is 21.2 Å². The van der Waals surface area contributed by atoms with Gasteiger partial charge in [-0.05, 0) is 24.3 Å². The summed E-state index contributed by atoms with van der Waals surface area (Å²) in [5.74, 6) is 0.930. The number of aromatic nitrogens is 2. The Morgan fingerprint density at radius 1 is 1.14 bits per heavy atom. The lowest BCUT2D eigenvalue weighted by atomic mass is 10.2. The summed E-state index contributed by atoms with van der Waals surface area (Å²) in [4.78, 5) is 2.41. The van der Waals surface area contributed by atoms with Crippen molar-refractivity contribution in [3.05, 3.63) is 49.7 Å². The first-order valence-electron chi connectivity index (χ1n) is 6.08. The maximum atomic E-state index is 6.32. The largest absolute Gasteiger partial charge is 0.230 e.